The van der Waals surface area contributed by atoms with Crippen molar-refractivity contribution < 1.29 is 0 Å². The third-order valence-corrected chi connectivity index (χ3v) is 2.98. The van der Waals surface area contributed by atoms with Crippen LogP contribution < -0.4 is 0 Å². The Balaban J connectivity index is 3.31. The normalized spacial score (nSPS) is 10.2. The van der Waals surface area contributed by atoms with Crippen LogP contribution in [0.3, 0.4) is 0 Å². The molecule has 0 aliphatic heterocycles. The Hall–Kier alpha value is -0.110. The van der Waals surface area contributed by atoms with E-state index in [1.165, 1.54) is 0 Å². The van der Waals surface area contributed by atoms with Crippen LogP contribution in [0.4, 0.5) is 0 Å². The van der Waals surface area contributed by atoms with Crippen LogP contribution in [0.15, 0.2) is 23.6 Å². The van der Waals surface area contributed by atoms with E-state index >= 15 is 0 Å². The molecule has 0 saturated carbocycles. The van der Waals surface area contributed by atoms with Gasteiger partial charge in [0.15, 0.2) is 0 Å². The van der Waals surface area contributed by atoms with Crippen molar-refractivity contribution in [1.29, 1.82) is 0 Å². The van der Waals surface area contributed by atoms with E-state index in [1.54, 1.807) is 11.8 Å². The summed E-state index contributed by atoms with van der Waals surface area (Å²) in [5, 5.41) is 1.34. The molecule has 0 fully saturated rings. The quantitative estimate of drug-likeness (QED) is 0.664. The Morgan fingerprint density at radius 1 is 1.31 bits per heavy atom. The molecular formula is C10H10Cl2S. The van der Waals surface area contributed by atoms with Crippen LogP contribution in [0.2, 0.25) is 10.0 Å². The van der Waals surface area contributed by atoms with Crippen LogP contribution in [0.1, 0.15) is 12.5 Å². The van der Waals surface area contributed by atoms with Gasteiger partial charge in [-0.3, -0.25) is 0 Å². The van der Waals surface area contributed by atoms with E-state index in [4.69, 9.17) is 23.2 Å². The number of rotatable bonds is 2. The van der Waals surface area contributed by atoms with Crippen LogP contribution in [-0.4, -0.2) is 6.26 Å². The van der Waals surface area contributed by atoms with Crippen molar-refractivity contribution in [2.24, 2.45) is 0 Å². The molecule has 0 unspecified atom stereocenters. The van der Waals surface area contributed by atoms with Crippen molar-refractivity contribution in [1.82, 2.24) is 0 Å². The second-order valence-corrected chi connectivity index (χ2v) is 4.44. The van der Waals surface area contributed by atoms with Crippen LogP contribution >= 0.6 is 35.0 Å². The molecule has 3 heteroatoms. The van der Waals surface area contributed by atoms with Gasteiger partial charge in [0.25, 0.3) is 0 Å². The van der Waals surface area contributed by atoms with E-state index in [2.05, 4.69) is 6.58 Å². The lowest BCUT2D eigenvalue weighted by Crippen LogP contribution is -1.84. The Morgan fingerprint density at radius 2 is 1.77 bits per heavy atom. The Morgan fingerprint density at radius 3 is 2.08 bits per heavy atom. The first-order chi connectivity index (χ1) is 6.06. The fourth-order valence-electron chi connectivity index (χ4n) is 1.08. The van der Waals surface area contributed by atoms with Crippen molar-refractivity contribution in [2.45, 2.75) is 11.8 Å². The molecule has 13 heavy (non-hydrogen) atoms. The molecule has 0 spiro atoms. The summed E-state index contributed by atoms with van der Waals surface area (Å²) in [6.45, 7) is 5.72. The zero-order valence-electron chi connectivity index (χ0n) is 7.53. The third-order valence-electron chi connectivity index (χ3n) is 1.68. The fraction of sp³-hybridized carbons (Fsp3) is 0.200. The minimum atomic E-state index is 0.671. The lowest BCUT2D eigenvalue weighted by atomic mass is 10.1. The Labute approximate surface area is 92.9 Å². The molecule has 0 aromatic heterocycles. The van der Waals surface area contributed by atoms with Crippen LogP contribution in [0, 0.1) is 0 Å². The topological polar surface area (TPSA) is 0 Å². The van der Waals surface area contributed by atoms with Crippen molar-refractivity contribution in [3.05, 3.63) is 34.3 Å². The highest BCUT2D eigenvalue weighted by atomic mass is 35.5. The van der Waals surface area contributed by atoms with Gasteiger partial charge in [-0.1, -0.05) is 29.8 Å². The molecule has 0 amide bonds. The second kappa shape index (κ2) is 4.41. The van der Waals surface area contributed by atoms with Gasteiger partial charge in [-0.2, -0.15) is 0 Å². The molecule has 0 atom stereocenters. The molecule has 1 aromatic carbocycles. The zero-order chi connectivity index (χ0) is 10.0. The largest absolute Gasteiger partial charge is 0.129 e. The first-order valence-electron chi connectivity index (χ1n) is 3.75. The standard InChI is InChI=1S/C10H10Cl2S/c1-6(2)10-8(11)4-7(13-3)5-9(10)12/h4-5H,1H2,2-3H3. The smallest absolute Gasteiger partial charge is 0.0506 e. The number of allylic oxidation sites excluding steroid dienone is 1. The highest BCUT2D eigenvalue weighted by Crippen LogP contribution is 2.34. The molecular weight excluding hydrogens is 223 g/mol. The van der Waals surface area contributed by atoms with Crippen molar-refractivity contribution in [3.63, 3.8) is 0 Å². The minimum absolute atomic E-state index is 0.671. The second-order valence-electron chi connectivity index (χ2n) is 2.75. The van der Waals surface area contributed by atoms with E-state index < -0.39 is 0 Å². The van der Waals surface area contributed by atoms with Gasteiger partial charge >= 0.3 is 0 Å². The van der Waals surface area contributed by atoms with Crippen LogP contribution in [0.5, 0.6) is 0 Å². The molecule has 1 rings (SSSR count). The predicted molar refractivity (Wildman–Crippen MR) is 63.0 cm³/mol. The maximum atomic E-state index is 6.05. The molecule has 1 aromatic rings. The molecule has 0 aliphatic carbocycles. The molecule has 0 heterocycles. The Bertz CT molecular complexity index is 322. The van der Waals surface area contributed by atoms with E-state index in [9.17, 15) is 0 Å². The van der Waals surface area contributed by atoms with Gasteiger partial charge in [-0.05, 0) is 30.9 Å². The molecule has 70 valence electrons. The van der Waals surface area contributed by atoms with E-state index in [0.717, 1.165) is 16.0 Å². The molecule has 0 bridgehead atoms. The lowest BCUT2D eigenvalue weighted by molar-refractivity contribution is 1.43. The number of benzene rings is 1. The fourth-order valence-corrected chi connectivity index (χ4v) is 2.49. The average molecular weight is 233 g/mol. The van der Waals surface area contributed by atoms with E-state index in [0.29, 0.717) is 10.0 Å². The Kier molecular flexibility index (Phi) is 3.72. The van der Waals surface area contributed by atoms with Crippen LogP contribution in [-0.2, 0) is 0 Å². The first-order valence-corrected chi connectivity index (χ1v) is 5.73. The summed E-state index contributed by atoms with van der Waals surface area (Å²) in [6.07, 6.45) is 1.99. The van der Waals surface area contributed by atoms with Gasteiger partial charge in [0.05, 0.1) is 10.0 Å². The van der Waals surface area contributed by atoms with Gasteiger partial charge in [0.2, 0.25) is 0 Å². The monoisotopic (exact) mass is 232 g/mol. The minimum Gasteiger partial charge on any atom is -0.129 e. The number of thioether (sulfide) groups is 1. The summed E-state index contributed by atoms with van der Waals surface area (Å²) < 4.78 is 0. The zero-order valence-corrected chi connectivity index (χ0v) is 9.85. The maximum Gasteiger partial charge on any atom is 0.0506 e. The summed E-state index contributed by atoms with van der Waals surface area (Å²) >= 11 is 13.7. The first kappa shape index (κ1) is 11.0. The summed E-state index contributed by atoms with van der Waals surface area (Å²) in [5.41, 5.74) is 1.74. The highest BCUT2D eigenvalue weighted by Gasteiger charge is 2.07. The van der Waals surface area contributed by atoms with Crippen LogP contribution in [0.25, 0.3) is 5.57 Å². The molecule has 0 aliphatic rings. The molecule has 0 nitrogen and oxygen atoms in total. The number of halogens is 2. The SMILES string of the molecule is C=C(C)c1c(Cl)cc(SC)cc1Cl. The summed E-state index contributed by atoms with van der Waals surface area (Å²) in [7, 11) is 0. The van der Waals surface area contributed by atoms with Crippen molar-refractivity contribution >= 4 is 40.5 Å². The van der Waals surface area contributed by atoms with Gasteiger partial charge in [-0.15, -0.1) is 11.8 Å². The highest BCUT2D eigenvalue weighted by molar-refractivity contribution is 7.98. The summed E-state index contributed by atoms with van der Waals surface area (Å²) in [5.74, 6) is 0. The maximum absolute atomic E-state index is 6.05. The van der Waals surface area contributed by atoms with Gasteiger partial charge in [-0.25, -0.2) is 0 Å². The van der Waals surface area contributed by atoms with E-state index in [-0.39, 0.29) is 0 Å². The summed E-state index contributed by atoms with van der Waals surface area (Å²) in [6, 6.07) is 3.81. The van der Waals surface area contributed by atoms with Gasteiger partial charge in [0.1, 0.15) is 0 Å². The molecule has 0 saturated heterocycles. The number of hydrogen-bond donors (Lipinski definition) is 0. The third kappa shape index (κ3) is 2.43. The molecule has 0 N–H and O–H groups in total. The van der Waals surface area contributed by atoms with E-state index in [1.807, 2.05) is 25.3 Å². The molecule has 0 radical (unpaired) electrons. The summed E-state index contributed by atoms with van der Waals surface area (Å²) in [4.78, 5) is 1.07. The van der Waals surface area contributed by atoms with Gasteiger partial charge in [0, 0.05) is 10.5 Å². The predicted octanol–water partition coefficient (Wildman–Crippen LogP) is 4.75. The number of hydrogen-bond acceptors (Lipinski definition) is 1. The van der Waals surface area contributed by atoms with Crippen molar-refractivity contribution in [3.8, 4) is 0 Å². The van der Waals surface area contributed by atoms with Crippen molar-refractivity contribution in [2.75, 3.05) is 6.26 Å². The van der Waals surface area contributed by atoms with Gasteiger partial charge < -0.3 is 0 Å². The average Bonchev–Trinajstić information content (AvgIpc) is 2.02. The lowest BCUT2D eigenvalue weighted by Gasteiger charge is -2.07.